The van der Waals surface area contributed by atoms with E-state index in [4.69, 9.17) is 4.18 Å². The summed E-state index contributed by atoms with van der Waals surface area (Å²) in [7, 11) is -4.21. The predicted octanol–water partition coefficient (Wildman–Crippen LogP) is 8.41. The first-order valence-corrected chi connectivity index (χ1v) is 17.5. The summed E-state index contributed by atoms with van der Waals surface area (Å²) >= 11 is 3.58. The summed E-state index contributed by atoms with van der Waals surface area (Å²) in [5.74, 6) is -0.703. The maximum absolute atomic E-state index is 14.3. The molecule has 0 N–H and O–H groups in total. The molecule has 0 amide bonds. The van der Waals surface area contributed by atoms with Gasteiger partial charge in [0.2, 0.25) is 0 Å². The molecule has 0 atom stereocenters. The van der Waals surface area contributed by atoms with Gasteiger partial charge < -0.3 is 9.08 Å². The lowest BCUT2D eigenvalue weighted by atomic mass is 9.63. The first-order valence-electron chi connectivity index (χ1n) is 15.3. The number of nitrogens with zero attached hydrogens (tertiary/aromatic N) is 1. The van der Waals surface area contributed by atoms with Gasteiger partial charge in [-0.05, 0) is 66.5 Å². The van der Waals surface area contributed by atoms with E-state index in [1.807, 2.05) is 25.1 Å². The Bertz CT molecular complexity index is 1820. The molecule has 3 aromatic carbocycles. The van der Waals surface area contributed by atoms with Crippen LogP contribution in [-0.2, 0) is 26.3 Å². The molecule has 0 spiro atoms. The molecule has 8 heteroatoms. The van der Waals surface area contributed by atoms with Crippen molar-refractivity contribution in [2.75, 3.05) is 0 Å². The molecule has 3 aromatic rings. The van der Waals surface area contributed by atoms with Crippen molar-refractivity contribution in [1.29, 1.82) is 0 Å². The molecule has 234 valence electrons. The SMILES string of the molecule is Cc1ccc(S(=O)(=O)Oc2ccc(Br)cc2C2C3=C(CC(C)(C)CC3=O)N(Cc3ccccc3)C3=C2C(=O)CC(C)(C)C3)cc1. The standard InChI is InChI=1S/C37H38BrNO5S/c1-23-11-14-26(15-12-23)45(42,43)44-32-16-13-25(38)17-27(32)33-34-28(18-36(2,3)20-30(34)40)39(22-24-9-7-6-8-10-24)29-19-37(4,5)21-31(41)35(29)33/h6-17,33H,18-22H2,1-5H3. The lowest BCUT2D eigenvalue weighted by Gasteiger charge is -2.49. The number of carbonyl (C=O) groups excluding carboxylic acids is 2. The number of ketones is 2. The van der Waals surface area contributed by atoms with Crippen LogP contribution in [0.15, 0.2) is 105 Å². The Balaban J connectivity index is 1.58. The molecule has 0 saturated carbocycles. The van der Waals surface area contributed by atoms with Gasteiger partial charge in [-0.1, -0.05) is 91.7 Å². The minimum Gasteiger partial charge on any atom is -0.379 e. The van der Waals surface area contributed by atoms with Gasteiger partial charge in [0.05, 0.1) is 0 Å². The van der Waals surface area contributed by atoms with Crippen LogP contribution in [0.1, 0.15) is 76.0 Å². The van der Waals surface area contributed by atoms with Gasteiger partial charge in [-0.2, -0.15) is 8.42 Å². The molecule has 0 fully saturated rings. The molecule has 0 unspecified atom stereocenters. The topological polar surface area (TPSA) is 80.8 Å². The third-order valence-electron chi connectivity index (χ3n) is 9.00. The first-order chi connectivity index (χ1) is 21.1. The van der Waals surface area contributed by atoms with Gasteiger partial charge in [0.25, 0.3) is 0 Å². The van der Waals surface area contributed by atoms with Crippen molar-refractivity contribution in [2.24, 2.45) is 10.8 Å². The Kier molecular flexibility index (Phi) is 7.97. The summed E-state index contributed by atoms with van der Waals surface area (Å²) < 4.78 is 33.7. The van der Waals surface area contributed by atoms with E-state index >= 15 is 0 Å². The van der Waals surface area contributed by atoms with Gasteiger partial charge in [0.15, 0.2) is 11.6 Å². The molecule has 6 nitrogen and oxygen atoms in total. The molecular weight excluding hydrogens is 650 g/mol. The zero-order valence-corrected chi connectivity index (χ0v) is 28.7. The number of hydrogen-bond donors (Lipinski definition) is 0. The van der Waals surface area contributed by atoms with Crippen LogP contribution in [0.3, 0.4) is 0 Å². The van der Waals surface area contributed by atoms with Crippen LogP contribution < -0.4 is 4.18 Å². The van der Waals surface area contributed by atoms with Crippen LogP contribution in [0.5, 0.6) is 5.75 Å². The highest BCUT2D eigenvalue weighted by atomic mass is 79.9. The third-order valence-corrected chi connectivity index (χ3v) is 10.7. The van der Waals surface area contributed by atoms with Gasteiger partial charge in [-0.15, -0.1) is 0 Å². The Labute approximate surface area is 274 Å². The largest absolute Gasteiger partial charge is 0.379 e. The fourth-order valence-electron chi connectivity index (χ4n) is 7.01. The smallest absolute Gasteiger partial charge is 0.339 e. The van der Waals surface area contributed by atoms with Crippen LogP contribution in [0.4, 0.5) is 0 Å². The number of aryl methyl sites for hydroxylation is 1. The van der Waals surface area contributed by atoms with E-state index in [-0.39, 0.29) is 33.0 Å². The molecule has 45 heavy (non-hydrogen) atoms. The predicted molar refractivity (Wildman–Crippen MR) is 178 cm³/mol. The van der Waals surface area contributed by atoms with Gasteiger partial charge in [-0.3, -0.25) is 9.59 Å². The molecule has 0 saturated heterocycles. The number of rotatable bonds is 6. The number of carbonyl (C=O) groups is 2. The number of halogens is 1. The van der Waals surface area contributed by atoms with Crippen molar-refractivity contribution in [1.82, 2.24) is 4.90 Å². The molecule has 3 aliphatic rings. The van der Waals surface area contributed by atoms with Crippen LogP contribution in [0.2, 0.25) is 0 Å². The minimum absolute atomic E-state index is 0.0270. The Morgan fingerprint density at radius 3 is 1.91 bits per heavy atom. The number of benzene rings is 3. The molecule has 0 bridgehead atoms. The van der Waals surface area contributed by atoms with Gasteiger partial charge in [0, 0.05) is 57.9 Å². The molecule has 1 aliphatic heterocycles. The fraction of sp³-hybridized carbons (Fsp3) is 0.351. The Hall–Kier alpha value is -3.49. The highest BCUT2D eigenvalue weighted by molar-refractivity contribution is 9.10. The highest BCUT2D eigenvalue weighted by Gasteiger charge is 2.49. The Morgan fingerprint density at radius 2 is 1.36 bits per heavy atom. The van der Waals surface area contributed by atoms with E-state index in [0.717, 1.165) is 22.5 Å². The average Bonchev–Trinajstić information content (AvgIpc) is 2.94. The van der Waals surface area contributed by atoms with Gasteiger partial charge in [-0.25, -0.2) is 0 Å². The van der Waals surface area contributed by atoms with E-state index in [2.05, 4.69) is 60.7 Å². The lowest BCUT2D eigenvalue weighted by Crippen LogP contribution is -2.44. The summed E-state index contributed by atoms with van der Waals surface area (Å²) in [6.45, 7) is 10.8. The minimum atomic E-state index is -4.21. The monoisotopic (exact) mass is 687 g/mol. The normalized spacial score (nSPS) is 19.8. The molecule has 2 aliphatic carbocycles. The zero-order chi connectivity index (χ0) is 32.3. The van der Waals surface area contributed by atoms with Crippen LogP contribution in [-0.4, -0.2) is 24.9 Å². The van der Waals surface area contributed by atoms with Crippen molar-refractivity contribution in [2.45, 2.75) is 77.7 Å². The maximum Gasteiger partial charge on any atom is 0.339 e. The molecule has 6 rings (SSSR count). The van der Waals surface area contributed by atoms with Crippen molar-refractivity contribution in [3.8, 4) is 5.75 Å². The van der Waals surface area contributed by atoms with Crippen LogP contribution in [0, 0.1) is 17.8 Å². The van der Waals surface area contributed by atoms with E-state index in [9.17, 15) is 18.0 Å². The second-order valence-corrected chi connectivity index (χ2v) is 16.6. The quantitative estimate of drug-likeness (QED) is 0.242. The summed E-state index contributed by atoms with van der Waals surface area (Å²) in [6.07, 6.45) is 1.95. The molecular formula is C37H38BrNO5S. The maximum atomic E-state index is 14.3. The van der Waals surface area contributed by atoms with Crippen molar-refractivity contribution < 1.29 is 22.2 Å². The van der Waals surface area contributed by atoms with Crippen molar-refractivity contribution in [3.05, 3.63) is 116 Å². The van der Waals surface area contributed by atoms with Gasteiger partial charge in [0.1, 0.15) is 10.6 Å². The van der Waals surface area contributed by atoms with Crippen molar-refractivity contribution in [3.63, 3.8) is 0 Å². The van der Waals surface area contributed by atoms with E-state index in [1.165, 1.54) is 12.1 Å². The van der Waals surface area contributed by atoms with Gasteiger partial charge >= 0.3 is 10.1 Å². The first kappa shape index (κ1) is 31.5. The Morgan fingerprint density at radius 1 is 0.800 bits per heavy atom. The van der Waals surface area contributed by atoms with Crippen LogP contribution >= 0.6 is 15.9 Å². The molecule has 0 aromatic heterocycles. The number of Topliss-reactive ketones (excluding diaryl/α,β-unsaturated/α-hetero) is 2. The summed E-state index contributed by atoms with van der Waals surface area (Å²) in [6, 6.07) is 21.7. The average molecular weight is 689 g/mol. The molecule has 1 heterocycles. The highest BCUT2D eigenvalue weighted by Crippen LogP contribution is 2.56. The number of hydrogen-bond acceptors (Lipinski definition) is 6. The zero-order valence-electron chi connectivity index (χ0n) is 26.3. The van der Waals surface area contributed by atoms with Crippen LogP contribution in [0.25, 0.3) is 0 Å². The fourth-order valence-corrected chi connectivity index (χ4v) is 8.34. The second-order valence-electron chi connectivity index (χ2n) is 14.1. The second kappa shape index (κ2) is 11.4. The summed E-state index contributed by atoms with van der Waals surface area (Å²) in [5.41, 5.74) is 4.86. The van der Waals surface area contributed by atoms with E-state index < -0.39 is 16.0 Å². The summed E-state index contributed by atoms with van der Waals surface area (Å²) in [4.78, 5) is 30.8. The van der Waals surface area contributed by atoms with E-state index in [1.54, 1.807) is 30.3 Å². The van der Waals surface area contributed by atoms with Crippen molar-refractivity contribution >= 4 is 37.6 Å². The molecule has 0 radical (unpaired) electrons. The lowest BCUT2D eigenvalue weighted by molar-refractivity contribution is -0.119. The van der Waals surface area contributed by atoms with E-state index in [0.29, 0.717) is 53.4 Å². The number of allylic oxidation sites excluding steroid dienone is 4. The summed E-state index contributed by atoms with van der Waals surface area (Å²) in [5, 5.41) is 0. The third kappa shape index (κ3) is 6.19.